The fraction of sp³-hybridized carbons (Fsp3) is 0.550. The van der Waals surface area contributed by atoms with Crippen molar-refractivity contribution in [3.05, 3.63) is 42.0 Å². The van der Waals surface area contributed by atoms with Crippen LogP contribution in [-0.4, -0.2) is 50.7 Å². The fourth-order valence-corrected chi connectivity index (χ4v) is 3.35. The first-order chi connectivity index (χ1) is 12.6. The predicted octanol–water partition coefficient (Wildman–Crippen LogP) is 2.65. The minimum absolute atomic E-state index is 0.165. The van der Waals surface area contributed by atoms with Gasteiger partial charge in [-0.05, 0) is 37.5 Å². The number of methoxy groups -OCH3 is 2. The van der Waals surface area contributed by atoms with Gasteiger partial charge in [-0.3, -0.25) is 0 Å². The van der Waals surface area contributed by atoms with Gasteiger partial charge in [-0.2, -0.15) is 0 Å². The van der Waals surface area contributed by atoms with E-state index in [0.717, 1.165) is 24.2 Å². The average Bonchev–Trinajstić information content (AvgIpc) is 2.82. The smallest absolute Gasteiger partial charge is 0.340 e. The highest BCUT2D eigenvalue weighted by molar-refractivity contribution is 5.80. The van der Waals surface area contributed by atoms with Crippen molar-refractivity contribution in [3.63, 3.8) is 0 Å². The van der Waals surface area contributed by atoms with Gasteiger partial charge in [0.2, 0.25) is 0 Å². The molecule has 0 spiro atoms. The molecular formula is C20H26O6. The fourth-order valence-electron chi connectivity index (χ4n) is 3.35. The highest BCUT2D eigenvalue weighted by Crippen LogP contribution is 2.33. The summed E-state index contributed by atoms with van der Waals surface area (Å²) in [6.07, 6.45) is 4.62. The van der Waals surface area contributed by atoms with Gasteiger partial charge < -0.3 is 23.7 Å². The molecule has 0 unspecified atom stereocenters. The molecular weight excluding hydrogens is 336 g/mol. The lowest BCUT2D eigenvalue weighted by Gasteiger charge is -2.37. The van der Waals surface area contributed by atoms with Crippen LogP contribution in [0.25, 0.3) is 0 Å². The molecule has 1 aromatic carbocycles. The van der Waals surface area contributed by atoms with Crippen molar-refractivity contribution in [2.45, 2.75) is 50.3 Å². The number of rotatable bonds is 5. The topological polar surface area (TPSA) is 63.2 Å². The molecule has 0 saturated carbocycles. The number of carbonyl (C=O) groups excluding carboxylic acids is 1. The summed E-state index contributed by atoms with van der Waals surface area (Å²) >= 11 is 0. The van der Waals surface area contributed by atoms with Crippen LogP contribution in [0.5, 0.6) is 5.75 Å². The van der Waals surface area contributed by atoms with E-state index in [1.807, 2.05) is 36.4 Å². The van der Waals surface area contributed by atoms with Gasteiger partial charge in [0.1, 0.15) is 18.0 Å². The highest BCUT2D eigenvalue weighted by Gasteiger charge is 2.48. The Hall–Kier alpha value is -1.89. The lowest BCUT2D eigenvalue weighted by atomic mass is 9.98. The lowest BCUT2D eigenvalue weighted by molar-refractivity contribution is -0.207. The van der Waals surface area contributed by atoms with Crippen molar-refractivity contribution in [3.8, 4) is 5.75 Å². The average molecular weight is 362 g/mol. The van der Waals surface area contributed by atoms with Crippen LogP contribution in [-0.2, 0) is 30.3 Å². The molecule has 1 fully saturated rings. The molecule has 3 rings (SSSR count). The van der Waals surface area contributed by atoms with Gasteiger partial charge in [0.05, 0.1) is 26.9 Å². The van der Waals surface area contributed by atoms with Crippen LogP contribution >= 0.6 is 0 Å². The Kier molecular flexibility index (Phi) is 5.96. The predicted molar refractivity (Wildman–Crippen MR) is 95.0 cm³/mol. The highest BCUT2D eigenvalue weighted by atomic mass is 16.6. The summed E-state index contributed by atoms with van der Waals surface area (Å²) in [6.45, 7) is 2.76. The minimum Gasteiger partial charge on any atom is -0.497 e. The van der Waals surface area contributed by atoms with Gasteiger partial charge in [-0.25, -0.2) is 4.79 Å². The SMILES string of the molecule is COC(=O)[C@@]1(C)O[C@H]2CCCO[C@@H]2C=C[C@H]1OCc1ccc(OC)cc1. The summed E-state index contributed by atoms with van der Waals surface area (Å²) in [5.74, 6) is 0.333. The van der Waals surface area contributed by atoms with Gasteiger partial charge in [0, 0.05) is 6.61 Å². The number of ether oxygens (including phenoxy) is 5. The lowest BCUT2D eigenvalue weighted by Crippen LogP contribution is -2.53. The van der Waals surface area contributed by atoms with Gasteiger partial charge in [0.25, 0.3) is 0 Å². The summed E-state index contributed by atoms with van der Waals surface area (Å²) in [5, 5.41) is 0. The second kappa shape index (κ2) is 8.20. The van der Waals surface area contributed by atoms with Crippen LogP contribution in [0.15, 0.2) is 36.4 Å². The van der Waals surface area contributed by atoms with Crippen molar-refractivity contribution < 1.29 is 28.5 Å². The van der Waals surface area contributed by atoms with E-state index in [0.29, 0.717) is 13.2 Å². The number of hydrogen-bond acceptors (Lipinski definition) is 6. The Labute approximate surface area is 154 Å². The van der Waals surface area contributed by atoms with Crippen molar-refractivity contribution >= 4 is 5.97 Å². The van der Waals surface area contributed by atoms with E-state index in [1.165, 1.54) is 7.11 Å². The second-order valence-electron chi connectivity index (χ2n) is 6.70. The Morgan fingerprint density at radius 2 is 2.00 bits per heavy atom. The monoisotopic (exact) mass is 362 g/mol. The van der Waals surface area contributed by atoms with Gasteiger partial charge in [-0.15, -0.1) is 0 Å². The van der Waals surface area contributed by atoms with Crippen molar-refractivity contribution in [2.75, 3.05) is 20.8 Å². The number of benzene rings is 1. The molecule has 2 aliphatic heterocycles. The molecule has 2 aliphatic rings. The molecule has 0 bridgehead atoms. The largest absolute Gasteiger partial charge is 0.497 e. The first-order valence-corrected chi connectivity index (χ1v) is 8.87. The summed E-state index contributed by atoms with van der Waals surface area (Å²) < 4.78 is 28.2. The summed E-state index contributed by atoms with van der Waals surface area (Å²) in [4.78, 5) is 12.5. The van der Waals surface area contributed by atoms with E-state index in [-0.39, 0.29) is 12.2 Å². The van der Waals surface area contributed by atoms with E-state index in [9.17, 15) is 4.79 Å². The van der Waals surface area contributed by atoms with Crippen LogP contribution < -0.4 is 4.74 Å². The normalized spacial score (nSPS) is 31.0. The maximum absolute atomic E-state index is 12.5. The summed E-state index contributed by atoms with van der Waals surface area (Å²) in [5.41, 5.74) is -0.248. The Bertz CT molecular complexity index is 640. The molecule has 4 atom stereocenters. The Morgan fingerprint density at radius 1 is 1.23 bits per heavy atom. The first kappa shape index (κ1) is 18.9. The van der Waals surface area contributed by atoms with E-state index < -0.39 is 17.7 Å². The maximum atomic E-state index is 12.5. The molecule has 6 nitrogen and oxygen atoms in total. The molecule has 1 aromatic rings. The minimum atomic E-state index is -1.22. The van der Waals surface area contributed by atoms with Crippen LogP contribution in [0.1, 0.15) is 25.3 Å². The molecule has 0 radical (unpaired) electrons. The molecule has 0 amide bonds. The molecule has 0 N–H and O–H groups in total. The Balaban J connectivity index is 1.77. The summed E-state index contributed by atoms with van der Waals surface area (Å²) in [6, 6.07) is 7.61. The molecule has 6 heteroatoms. The second-order valence-corrected chi connectivity index (χ2v) is 6.70. The number of hydrogen-bond donors (Lipinski definition) is 0. The standard InChI is InChI=1S/C20H26O6/c1-20(19(21)23-3)18(11-10-16-17(26-20)5-4-12-24-16)25-13-14-6-8-15(22-2)9-7-14/h6-11,16-18H,4-5,12-13H2,1-3H3/t16-,17+,18-,20+/m1/s1. The zero-order valence-corrected chi connectivity index (χ0v) is 15.5. The molecule has 0 aliphatic carbocycles. The van der Waals surface area contributed by atoms with Gasteiger partial charge >= 0.3 is 5.97 Å². The molecule has 142 valence electrons. The first-order valence-electron chi connectivity index (χ1n) is 8.87. The van der Waals surface area contributed by atoms with Crippen LogP contribution in [0, 0.1) is 0 Å². The van der Waals surface area contributed by atoms with E-state index in [2.05, 4.69) is 0 Å². The third kappa shape index (κ3) is 3.92. The van der Waals surface area contributed by atoms with Gasteiger partial charge in [0.15, 0.2) is 5.60 Å². The molecule has 1 saturated heterocycles. The van der Waals surface area contributed by atoms with Gasteiger partial charge in [-0.1, -0.05) is 24.3 Å². The number of fused-ring (bicyclic) bond motifs is 1. The zero-order chi connectivity index (χ0) is 18.6. The Morgan fingerprint density at radius 3 is 2.69 bits per heavy atom. The maximum Gasteiger partial charge on any atom is 0.340 e. The quantitative estimate of drug-likeness (QED) is 0.593. The van der Waals surface area contributed by atoms with Crippen molar-refractivity contribution in [1.82, 2.24) is 0 Å². The van der Waals surface area contributed by atoms with Crippen LogP contribution in [0.2, 0.25) is 0 Å². The number of esters is 1. The van der Waals surface area contributed by atoms with Crippen molar-refractivity contribution in [2.24, 2.45) is 0 Å². The zero-order valence-electron chi connectivity index (χ0n) is 15.5. The van der Waals surface area contributed by atoms with E-state index >= 15 is 0 Å². The number of carbonyl (C=O) groups is 1. The third-order valence-corrected chi connectivity index (χ3v) is 4.90. The van der Waals surface area contributed by atoms with Crippen LogP contribution in [0.4, 0.5) is 0 Å². The van der Waals surface area contributed by atoms with E-state index in [4.69, 9.17) is 23.7 Å². The van der Waals surface area contributed by atoms with Crippen LogP contribution in [0.3, 0.4) is 0 Å². The van der Waals surface area contributed by atoms with Crippen molar-refractivity contribution in [1.29, 1.82) is 0 Å². The molecule has 26 heavy (non-hydrogen) atoms. The molecule has 2 heterocycles. The molecule has 0 aromatic heterocycles. The van der Waals surface area contributed by atoms with E-state index in [1.54, 1.807) is 14.0 Å². The summed E-state index contributed by atoms with van der Waals surface area (Å²) in [7, 11) is 2.99. The third-order valence-electron chi connectivity index (χ3n) is 4.90.